The van der Waals surface area contributed by atoms with Gasteiger partial charge in [0, 0.05) is 6.08 Å². The van der Waals surface area contributed by atoms with Crippen molar-refractivity contribution in [2.24, 2.45) is 0 Å². The first-order valence-corrected chi connectivity index (χ1v) is 3.49. The number of nitrogens with one attached hydrogen (secondary N) is 1. The summed E-state index contributed by atoms with van der Waals surface area (Å²) in [6.07, 6.45) is -2.37. The van der Waals surface area contributed by atoms with Crippen LogP contribution in [-0.4, -0.2) is 25.4 Å². The molecule has 0 heterocycles. The lowest BCUT2D eigenvalue weighted by molar-refractivity contribution is -0.139. The Balaban J connectivity index is 4.40. The molecule has 0 unspecified atom stereocenters. The van der Waals surface area contributed by atoms with Crippen molar-refractivity contribution >= 4 is 12.4 Å². The van der Waals surface area contributed by atoms with E-state index in [1.165, 1.54) is 6.92 Å². The van der Waals surface area contributed by atoms with Crippen LogP contribution < -0.4 is 5.32 Å². The summed E-state index contributed by atoms with van der Waals surface area (Å²) in [5, 5.41) is 1.82. The zero-order valence-corrected chi connectivity index (χ0v) is 6.92. The van der Waals surface area contributed by atoms with E-state index in [0.717, 1.165) is 0 Å². The third kappa shape index (κ3) is 4.89. The van der Waals surface area contributed by atoms with Crippen molar-refractivity contribution in [3.05, 3.63) is 11.8 Å². The molecule has 0 aromatic rings. The van der Waals surface area contributed by atoms with E-state index >= 15 is 0 Å². The molecular formula is C7H9F2NO3. The van der Waals surface area contributed by atoms with Crippen LogP contribution in [0, 0.1) is 0 Å². The Hall–Kier alpha value is -1.46. The minimum atomic E-state index is -2.81. The molecule has 1 N–H and O–H groups in total. The first-order chi connectivity index (χ1) is 6.11. The first kappa shape index (κ1) is 11.5. The molecule has 74 valence electrons. The van der Waals surface area contributed by atoms with Gasteiger partial charge in [-0.1, -0.05) is 0 Å². The third-order valence-corrected chi connectivity index (χ3v) is 1.00. The average Bonchev–Trinajstić information content (AvgIpc) is 2.03. The molecular weight excluding hydrogens is 184 g/mol. The van der Waals surface area contributed by atoms with Gasteiger partial charge in [0.2, 0.25) is 6.41 Å². The number of amides is 1. The monoisotopic (exact) mass is 193 g/mol. The summed E-state index contributed by atoms with van der Waals surface area (Å²) >= 11 is 0. The van der Waals surface area contributed by atoms with E-state index in [-0.39, 0.29) is 13.0 Å². The Morgan fingerprint density at radius 2 is 2.23 bits per heavy atom. The van der Waals surface area contributed by atoms with Crippen LogP contribution in [0.1, 0.15) is 6.92 Å². The van der Waals surface area contributed by atoms with Crippen LogP contribution >= 0.6 is 0 Å². The normalized spacial score (nSPS) is 11.2. The van der Waals surface area contributed by atoms with Crippen LogP contribution in [0.15, 0.2) is 11.8 Å². The van der Waals surface area contributed by atoms with Gasteiger partial charge in [-0.05, 0) is 6.92 Å². The SMILES string of the molecule is CCOC(=O)C(=CC(F)F)NC=O. The maximum atomic E-state index is 11.8. The molecule has 0 bridgehead atoms. The number of carbonyl (C=O) groups excluding carboxylic acids is 2. The molecule has 0 aliphatic heterocycles. The van der Waals surface area contributed by atoms with Gasteiger partial charge in [0.05, 0.1) is 6.61 Å². The van der Waals surface area contributed by atoms with Gasteiger partial charge >= 0.3 is 5.97 Å². The minimum Gasteiger partial charge on any atom is -0.461 e. The van der Waals surface area contributed by atoms with Crippen molar-refractivity contribution < 1.29 is 23.1 Å². The highest BCUT2D eigenvalue weighted by Gasteiger charge is 2.12. The molecule has 1 amide bonds. The number of halogens is 2. The molecule has 0 atom stereocenters. The zero-order valence-electron chi connectivity index (χ0n) is 6.92. The Morgan fingerprint density at radius 1 is 1.62 bits per heavy atom. The Bertz CT molecular complexity index is 216. The molecule has 13 heavy (non-hydrogen) atoms. The summed E-state index contributed by atoms with van der Waals surface area (Å²) in [5.74, 6) is -0.977. The van der Waals surface area contributed by atoms with Crippen LogP contribution in [0.25, 0.3) is 0 Å². The quantitative estimate of drug-likeness (QED) is 0.391. The summed E-state index contributed by atoms with van der Waals surface area (Å²) in [7, 11) is 0. The smallest absolute Gasteiger partial charge is 0.354 e. The first-order valence-electron chi connectivity index (χ1n) is 3.49. The molecule has 0 aliphatic carbocycles. The molecule has 0 aromatic heterocycles. The van der Waals surface area contributed by atoms with Crippen LogP contribution in [0.5, 0.6) is 0 Å². The highest BCUT2D eigenvalue weighted by Crippen LogP contribution is 2.00. The fourth-order valence-electron chi connectivity index (χ4n) is 0.573. The minimum absolute atomic E-state index is 0.0555. The molecule has 6 heteroatoms. The van der Waals surface area contributed by atoms with Crippen molar-refractivity contribution in [3.8, 4) is 0 Å². The molecule has 0 fully saturated rings. The van der Waals surface area contributed by atoms with Gasteiger partial charge in [-0.2, -0.15) is 0 Å². The number of allylic oxidation sites excluding steroid dienone is 1. The van der Waals surface area contributed by atoms with Crippen LogP contribution in [0.2, 0.25) is 0 Å². The number of rotatable bonds is 5. The number of carbonyl (C=O) groups is 2. The summed E-state index contributed by atoms with van der Waals surface area (Å²) in [4.78, 5) is 20.7. The van der Waals surface area contributed by atoms with E-state index in [1.807, 2.05) is 5.32 Å². The van der Waals surface area contributed by atoms with Gasteiger partial charge in [-0.15, -0.1) is 0 Å². The summed E-state index contributed by atoms with van der Waals surface area (Å²) in [6.45, 7) is 1.58. The number of ether oxygens (including phenoxy) is 1. The molecule has 0 spiro atoms. The Kier molecular flexibility index (Phi) is 5.42. The molecule has 0 aromatic carbocycles. The van der Waals surface area contributed by atoms with E-state index in [1.54, 1.807) is 0 Å². The van der Waals surface area contributed by atoms with E-state index in [4.69, 9.17) is 0 Å². The fraction of sp³-hybridized carbons (Fsp3) is 0.429. The third-order valence-electron chi connectivity index (χ3n) is 1.00. The number of hydrogen-bond donors (Lipinski definition) is 1. The molecule has 0 saturated carbocycles. The molecule has 0 rings (SSSR count). The van der Waals surface area contributed by atoms with E-state index in [9.17, 15) is 18.4 Å². The van der Waals surface area contributed by atoms with Gasteiger partial charge in [-0.3, -0.25) is 4.79 Å². The highest BCUT2D eigenvalue weighted by atomic mass is 19.3. The lowest BCUT2D eigenvalue weighted by Gasteiger charge is -2.04. The second-order valence-electron chi connectivity index (χ2n) is 1.90. The second-order valence-corrected chi connectivity index (χ2v) is 1.90. The Morgan fingerprint density at radius 3 is 2.62 bits per heavy atom. The second kappa shape index (κ2) is 6.10. The number of esters is 1. The van der Waals surface area contributed by atoms with E-state index in [0.29, 0.717) is 6.08 Å². The largest absolute Gasteiger partial charge is 0.461 e. The van der Waals surface area contributed by atoms with Crippen LogP contribution in [0.3, 0.4) is 0 Å². The van der Waals surface area contributed by atoms with Gasteiger partial charge in [0.15, 0.2) is 0 Å². The van der Waals surface area contributed by atoms with Crippen molar-refractivity contribution in [3.63, 3.8) is 0 Å². The molecule has 0 radical (unpaired) electrons. The molecule has 0 saturated heterocycles. The van der Waals surface area contributed by atoms with Crippen LogP contribution in [0.4, 0.5) is 8.78 Å². The highest BCUT2D eigenvalue weighted by molar-refractivity contribution is 5.90. The zero-order chi connectivity index (χ0) is 10.3. The maximum absolute atomic E-state index is 11.8. The summed E-state index contributed by atoms with van der Waals surface area (Å²) < 4.78 is 27.9. The summed E-state index contributed by atoms with van der Waals surface area (Å²) in [5.41, 5.74) is -0.549. The van der Waals surface area contributed by atoms with Crippen molar-refractivity contribution in [1.29, 1.82) is 0 Å². The van der Waals surface area contributed by atoms with Gasteiger partial charge in [0.1, 0.15) is 5.70 Å². The predicted molar refractivity (Wildman–Crippen MR) is 39.9 cm³/mol. The maximum Gasteiger partial charge on any atom is 0.354 e. The van der Waals surface area contributed by atoms with E-state index < -0.39 is 18.1 Å². The van der Waals surface area contributed by atoms with Crippen LogP contribution in [-0.2, 0) is 14.3 Å². The van der Waals surface area contributed by atoms with Crippen molar-refractivity contribution in [2.75, 3.05) is 6.61 Å². The lowest BCUT2D eigenvalue weighted by atomic mass is 10.4. The number of alkyl halides is 2. The van der Waals surface area contributed by atoms with Gasteiger partial charge in [0.25, 0.3) is 6.43 Å². The summed E-state index contributed by atoms with van der Waals surface area (Å²) in [6, 6.07) is 0. The standard InChI is InChI=1S/C7H9F2NO3/c1-2-13-7(12)5(10-4-11)3-6(8)9/h3-4,6H,2H2,1H3,(H,10,11). The van der Waals surface area contributed by atoms with E-state index in [2.05, 4.69) is 4.74 Å². The van der Waals surface area contributed by atoms with Crippen molar-refractivity contribution in [2.45, 2.75) is 13.3 Å². The number of hydrogen-bond acceptors (Lipinski definition) is 3. The van der Waals surface area contributed by atoms with Crippen molar-refractivity contribution in [1.82, 2.24) is 5.32 Å². The predicted octanol–water partition coefficient (Wildman–Crippen LogP) is 0.444. The lowest BCUT2D eigenvalue weighted by Crippen LogP contribution is -2.22. The fourth-order valence-corrected chi connectivity index (χ4v) is 0.573. The Labute approximate surface area is 73.6 Å². The molecule has 0 aliphatic rings. The average molecular weight is 193 g/mol. The topological polar surface area (TPSA) is 55.4 Å². The van der Waals surface area contributed by atoms with Gasteiger partial charge in [-0.25, -0.2) is 13.6 Å². The molecule has 4 nitrogen and oxygen atoms in total. The van der Waals surface area contributed by atoms with Gasteiger partial charge < -0.3 is 10.1 Å².